The van der Waals surface area contributed by atoms with Gasteiger partial charge in [0.15, 0.2) is 11.5 Å². The zero-order valence-electron chi connectivity index (χ0n) is 17.2. The molecule has 2 aliphatic rings. The first-order valence-electron chi connectivity index (χ1n) is 9.45. The van der Waals surface area contributed by atoms with Crippen LogP contribution >= 0.6 is 9.24 Å². The Hall–Kier alpha value is -2.87. The van der Waals surface area contributed by atoms with Gasteiger partial charge in [-0.2, -0.15) is 13.2 Å². The third-order valence-electron chi connectivity index (χ3n) is 5.12. The molecule has 3 atom stereocenters. The molecule has 1 amide bonds. The van der Waals surface area contributed by atoms with Crippen LogP contribution in [0.2, 0.25) is 0 Å². The molecule has 31 heavy (non-hydrogen) atoms. The third-order valence-corrected chi connectivity index (χ3v) is 5.64. The van der Waals surface area contributed by atoms with E-state index in [0.29, 0.717) is 18.2 Å². The Morgan fingerprint density at radius 3 is 2.71 bits per heavy atom. The Labute approximate surface area is 181 Å². The van der Waals surface area contributed by atoms with Gasteiger partial charge in [0.1, 0.15) is 5.70 Å². The smallest absolute Gasteiger partial charge is 0.395 e. The van der Waals surface area contributed by atoms with E-state index >= 15 is 0 Å². The van der Waals surface area contributed by atoms with E-state index in [1.54, 1.807) is 19.1 Å². The number of nitrogens with two attached hydrogens (primary N) is 2. The van der Waals surface area contributed by atoms with Crippen molar-refractivity contribution in [1.82, 2.24) is 10.2 Å². The second kappa shape index (κ2) is 9.51. The van der Waals surface area contributed by atoms with Crippen LogP contribution in [0.5, 0.6) is 0 Å². The highest BCUT2D eigenvalue weighted by molar-refractivity contribution is 7.23. The minimum absolute atomic E-state index is 0.0640. The van der Waals surface area contributed by atoms with Gasteiger partial charge in [-0.3, -0.25) is 15.1 Å². The van der Waals surface area contributed by atoms with Gasteiger partial charge >= 0.3 is 6.18 Å². The molecule has 0 aromatic carbocycles. The monoisotopic (exact) mass is 454 g/mol. The molecule has 1 aliphatic heterocycles. The average Bonchev–Trinajstić information content (AvgIpc) is 2.95. The predicted octanol–water partition coefficient (Wildman–Crippen LogP) is 2.67. The minimum Gasteiger partial charge on any atom is -0.395 e. The van der Waals surface area contributed by atoms with E-state index in [0.717, 1.165) is 22.9 Å². The van der Waals surface area contributed by atoms with Crippen LogP contribution in [0.3, 0.4) is 0 Å². The lowest BCUT2D eigenvalue weighted by Gasteiger charge is -2.37. The maximum Gasteiger partial charge on any atom is 0.430 e. The summed E-state index contributed by atoms with van der Waals surface area (Å²) in [4.78, 5) is 18.3. The normalized spacial score (nSPS) is 26.0. The number of nitrogens with zero attached hydrogens (tertiary/aromatic N) is 2. The van der Waals surface area contributed by atoms with E-state index in [1.165, 1.54) is 19.3 Å². The van der Waals surface area contributed by atoms with Crippen molar-refractivity contribution in [2.75, 3.05) is 7.05 Å². The van der Waals surface area contributed by atoms with Crippen molar-refractivity contribution < 1.29 is 18.0 Å². The number of nitrogens with one attached hydrogen (secondary N) is 2. The quantitative estimate of drug-likeness (QED) is 0.213. The van der Waals surface area contributed by atoms with Crippen molar-refractivity contribution in [2.45, 2.75) is 31.5 Å². The third kappa shape index (κ3) is 4.90. The Bertz CT molecular complexity index is 932. The summed E-state index contributed by atoms with van der Waals surface area (Å²) in [7, 11) is 3.93. The first kappa shape index (κ1) is 24.4. The van der Waals surface area contributed by atoms with Gasteiger partial charge in [0.05, 0.1) is 6.34 Å². The number of alkyl halides is 3. The number of likely N-dealkylation sites (N-methyl/N-ethyl adjacent to an activating group) is 1. The molecular weight excluding hydrogens is 428 g/mol. The number of amides is 1. The molecule has 1 aliphatic carbocycles. The highest BCUT2D eigenvalue weighted by atomic mass is 31.0. The zero-order valence-corrected chi connectivity index (χ0v) is 18.4. The van der Waals surface area contributed by atoms with Crippen LogP contribution in [-0.2, 0) is 4.79 Å². The molecular formula is C20H26F3N6OP. The number of carbonyl (C=O) groups excluding carboxylic acids is 1. The topological polar surface area (TPSA) is 121 Å². The molecule has 0 aromatic rings. The Morgan fingerprint density at radius 1 is 1.52 bits per heavy atom. The van der Waals surface area contributed by atoms with Crippen LogP contribution in [0.1, 0.15) is 19.8 Å². The van der Waals surface area contributed by atoms with Crippen molar-refractivity contribution in [2.24, 2.45) is 22.4 Å². The predicted molar refractivity (Wildman–Crippen MR) is 119 cm³/mol. The van der Waals surface area contributed by atoms with E-state index < -0.39 is 29.2 Å². The second-order valence-corrected chi connectivity index (χ2v) is 7.70. The van der Waals surface area contributed by atoms with Gasteiger partial charge < -0.3 is 16.8 Å². The number of hydrogen-bond acceptors (Lipinski definition) is 4. The van der Waals surface area contributed by atoms with Crippen LogP contribution in [0.25, 0.3) is 0 Å². The summed E-state index contributed by atoms with van der Waals surface area (Å²) in [5.74, 6) is -1.33. The molecule has 1 saturated heterocycles. The maximum atomic E-state index is 13.4. The van der Waals surface area contributed by atoms with Crippen LogP contribution < -0.4 is 16.8 Å². The van der Waals surface area contributed by atoms with E-state index in [4.69, 9.17) is 16.9 Å². The summed E-state index contributed by atoms with van der Waals surface area (Å²) >= 11 is 0. The summed E-state index contributed by atoms with van der Waals surface area (Å²) < 4.78 is 39.6. The number of allylic oxidation sites excluding steroid dienone is 6. The fourth-order valence-corrected chi connectivity index (χ4v) is 3.85. The van der Waals surface area contributed by atoms with Crippen LogP contribution in [0.4, 0.5) is 13.2 Å². The molecule has 0 spiro atoms. The van der Waals surface area contributed by atoms with E-state index in [2.05, 4.69) is 19.5 Å². The molecule has 168 valence electrons. The van der Waals surface area contributed by atoms with Crippen molar-refractivity contribution in [3.8, 4) is 0 Å². The van der Waals surface area contributed by atoms with Crippen molar-refractivity contribution in [3.63, 3.8) is 0 Å². The molecule has 0 radical (unpaired) electrons. The SMILES string of the molecule is CC/C=C(\C=C(/N)C(F)(F)F)C1(C2C=CC=C(/C(P)=C/N=CN)C2)NC(=N)N(C)C1=O. The van der Waals surface area contributed by atoms with E-state index in [1.807, 2.05) is 6.08 Å². The van der Waals surface area contributed by atoms with E-state index in [9.17, 15) is 18.0 Å². The molecule has 0 aromatic heterocycles. The molecule has 11 heteroatoms. The van der Waals surface area contributed by atoms with Gasteiger partial charge in [0, 0.05) is 19.2 Å². The first-order chi connectivity index (χ1) is 14.5. The number of guanidine groups is 1. The van der Waals surface area contributed by atoms with E-state index in [-0.39, 0.29) is 11.5 Å². The Morgan fingerprint density at radius 2 is 2.19 bits per heavy atom. The van der Waals surface area contributed by atoms with Crippen molar-refractivity contribution in [1.29, 1.82) is 5.41 Å². The number of carbonyl (C=O) groups is 1. The van der Waals surface area contributed by atoms with Crippen LogP contribution in [-0.4, -0.2) is 41.9 Å². The standard InChI is InChI=1S/C20H26F3N6OP/c1-3-5-13(9-16(25)20(21,22)23)19(17(30)29(2)18(26)28-19)14-7-4-6-12(8-14)15(31)10-27-11-24/h4-7,9-11,14H,3,8,25,31H2,1-2H3,(H2,24,27)(H2,26,28)/b13-5+,15-10-,16-9-. The fraction of sp³-hybridized carbons (Fsp3) is 0.350. The molecule has 0 saturated carbocycles. The molecule has 3 unspecified atom stereocenters. The summed E-state index contributed by atoms with van der Waals surface area (Å²) in [6, 6.07) is 0. The summed E-state index contributed by atoms with van der Waals surface area (Å²) in [6.07, 6.45) is 6.19. The largest absolute Gasteiger partial charge is 0.430 e. The average molecular weight is 454 g/mol. The highest BCUT2D eigenvalue weighted by Gasteiger charge is 2.55. The molecule has 1 heterocycles. The maximum absolute atomic E-state index is 13.4. The number of hydrogen-bond donors (Lipinski definition) is 4. The lowest BCUT2D eigenvalue weighted by atomic mass is 9.72. The second-order valence-electron chi connectivity index (χ2n) is 7.08. The van der Waals surface area contributed by atoms with Gasteiger partial charge in [-0.15, -0.1) is 9.24 Å². The molecule has 0 bridgehead atoms. The number of rotatable bonds is 6. The zero-order chi connectivity index (χ0) is 23.4. The Balaban J connectivity index is 2.63. The van der Waals surface area contributed by atoms with Gasteiger partial charge in [-0.05, 0) is 35.4 Å². The minimum atomic E-state index is -4.75. The first-order valence-corrected chi connectivity index (χ1v) is 10.0. The lowest BCUT2D eigenvalue weighted by Crippen LogP contribution is -2.54. The molecule has 2 rings (SSSR count). The lowest BCUT2D eigenvalue weighted by molar-refractivity contribution is -0.130. The summed E-state index contributed by atoms with van der Waals surface area (Å²) in [5, 5.41) is 11.7. The number of aliphatic imine (C=N–C) groups is 1. The fourth-order valence-electron chi connectivity index (χ4n) is 3.55. The molecule has 7 nitrogen and oxygen atoms in total. The highest BCUT2D eigenvalue weighted by Crippen LogP contribution is 2.42. The van der Waals surface area contributed by atoms with Gasteiger partial charge in [0.25, 0.3) is 5.91 Å². The summed E-state index contributed by atoms with van der Waals surface area (Å²) in [6.45, 7) is 1.75. The van der Waals surface area contributed by atoms with Gasteiger partial charge in [0.2, 0.25) is 0 Å². The Kier molecular flexibility index (Phi) is 7.49. The van der Waals surface area contributed by atoms with Crippen LogP contribution in [0.15, 0.2) is 63.7 Å². The van der Waals surface area contributed by atoms with Crippen molar-refractivity contribution in [3.05, 3.63) is 58.7 Å². The van der Waals surface area contributed by atoms with Gasteiger partial charge in [-0.25, -0.2) is 4.99 Å². The summed E-state index contributed by atoms with van der Waals surface area (Å²) in [5.41, 5.74) is 8.52. The molecule has 6 N–H and O–H groups in total. The molecule has 1 fully saturated rings. The number of halogens is 3. The van der Waals surface area contributed by atoms with Crippen molar-refractivity contribution >= 4 is 27.4 Å². The van der Waals surface area contributed by atoms with Crippen LogP contribution in [0, 0.1) is 11.3 Å². The van der Waals surface area contributed by atoms with Gasteiger partial charge in [-0.1, -0.05) is 31.2 Å².